The number of rotatable bonds is 2. The first-order valence-electron chi connectivity index (χ1n) is 7.36. The van der Waals surface area contributed by atoms with Gasteiger partial charge < -0.3 is 10.2 Å². The monoisotopic (exact) mass is 244 g/mol. The summed E-state index contributed by atoms with van der Waals surface area (Å²) in [5.41, 5.74) is 3.08. The van der Waals surface area contributed by atoms with Crippen LogP contribution in [0.25, 0.3) is 0 Å². The van der Waals surface area contributed by atoms with Crippen molar-refractivity contribution in [3.8, 4) is 0 Å². The second-order valence-electron chi connectivity index (χ2n) is 5.94. The van der Waals surface area contributed by atoms with Crippen molar-refractivity contribution in [3.05, 3.63) is 35.4 Å². The van der Waals surface area contributed by atoms with Gasteiger partial charge in [0.15, 0.2) is 0 Å². The number of piperidine rings is 1. The molecular formula is C16H24N2. The summed E-state index contributed by atoms with van der Waals surface area (Å²) in [7, 11) is 0. The van der Waals surface area contributed by atoms with Crippen LogP contribution >= 0.6 is 0 Å². The molecule has 0 spiro atoms. The Labute approximate surface area is 110 Å². The highest BCUT2D eigenvalue weighted by molar-refractivity contribution is 5.32. The lowest BCUT2D eigenvalue weighted by molar-refractivity contribution is 0.173. The zero-order valence-electron chi connectivity index (χ0n) is 11.4. The van der Waals surface area contributed by atoms with Gasteiger partial charge in [0.05, 0.1) is 0 Å². The molecule has 2 aliphatic rings. The standard InChI is InChI=1S/C16H24N2/c1-13-7-10-18(11-8-13)12-16-15-5-3-2-4-14(15)6-9-17-16/h2-5,13,16-17H,6-12H2,1H3. The molecule has 1 fully saturated rings. The van der Waals surface area contributed by atoms with Crippen LogP contribution in [0.2, 0.25) is 0 Å². The highest BCUT2D eigenvalue weighted by atomic mass is 15.2. The molecule has 1 unspecified atom stereocenters. The Kier molecular flexibility index (Phi) is 3.67. The van der Waals surface area contributed by atoms with Crippen LogP contribution in [0.5, 0.6) is 0 Å². The quantitative estimate of drug-likeness (QED) is 0.860. The van der Waals surface area contributed by atoms with E-state index in [1.54, 1.807) is 5.56 Å². The average molecular weight is 244 g/mol. The topological polar surface area (TPSA) is 15.3 Å². The van der Waals surface area contributed by atoms with E-state index in [1.165, 1.54) is 44.5 Å². The zero-order valence-corrected chi connectivity index (χ0v) is 11.4. The third-order valence-corrected chi connectivity index (χ3v) is 4.53. The molecule has 0 bridgehead atoms. The van der Waals surface area contributed by atoms with Gasteiger partial charge in [-0.3, -0.25) is 0 Å². The fourth-order valence-electron chi connectivity index (χ4n) is 3.26. The predicted octanol–water partition coefficient (Wildman–Crippen LogP) is 2.61. The van der Waals surface area contributed by atoms with Crippen molar-refractivity contribution < 1.29 is 0 Å². The number of nitrogens with one attached hydrogen (secondary N) is 1. The highest BCUT2D eigenvalue weighted by Crippen LogP contribution is 2.25. The van der Waals surface area contributed by atoms with Crippen molar-refractivity contribution in [1.29, 1.82) is 0 Å². The second kappa shape index (κ2) is 5.41. The normalized spacial score (nSPS) is 25.9. The Bertz CT molecular complexity index is 394. The van der Waals surface area contributed by atoms with Gasteiger partial charge in [-0.15, -0.1) is 0 Å². The van der Waals surface area contributed by atoms with E-state index in [4.69, 9.17) is 0 Å². The summed E-state index contributed by atoms with van der Waals surface area (Å²) in [5, 5.41) is 3.69. The van der Waals surface area contributed by atoms with Crippen LogP contribution in [0.4, 0.5) is 0 Å². The molecule has 2 nitrogen and oxygen atoms in total. The molecule has 0 amide bonds. The summed E-state index contributed by atoms with van der Waals surface area (Å²) in [6.45, 7) is 7.25. The van der Waals surface area contributed by atoms with E-state index in [1.807, 2.05) is 0 Å². The number of likely N-dealkylation sites (tertiary alicyclic amines) is 1. The first kappa shape index (κ1) is 12.2. The Morgan fingerprint density at radius 2 is 2.00 bits per heavy atom. The Balaban J connectivity index is 1.67. The average Bonchev–Trinajstić information content (AvgIpc) is 2.42. The van der Waals surface area contributed by atoms with Gasteiger partial charge in [0.2, 0.25) is 0 Å². The smallest absolute Gasteiger partial charge is 0.0452 e. The molecule has 1 aromatic carbocycles. The zero-order chi connectivity index (χ0) is 12.4. The minimum Gasteiger partial charge on any atom is -0.309 e. The molecule has 2 aliphatic heterocycles. The molecule has 0 aromatic heterocycles. The van der Waals surface area contributed by atoms with Gasteiger partial charge in [-0.25, -0.2) is 0 Å². The molecule has 1 saturated heterocycles. The van der Waals surface area contributed by atoms with E-state index >= 15 is 0 Å². The van der Waals surface area contributed by atoms with Crippen molar-refractivity contribution >= 4 is 0 Å². The van der Waals surface area contributed by atoms with E-state index in [9.17, 15) is 0 Å². The minimum absolute atomic E-state index is 0.545. The summed E-state index contributed by atoms with van der Waals surface area (Å²) in [6, 6.07) is 9.49. The van der Waals surface area contributed by atoms with Crippen molar-refractivity contribution in [3.63, 3.8) is 0 Å². The number of fused-ring (bicyclic) bond motifs is 1. The summed E-state index contributed by atoms with van der Waals surface area (Å²) >= 11 is 0. The van der Waals surface area contributed by atoms with Crippen molar-refractivity contribution in [2.75, 3.05) is 26.2 Å². The molecule has 0 saturated carbocycles. The summed E-state index contributed by atoms with van der Waals surface area (Å²) in [4.78, 5) is 2.64. The van der Waals surface area contributed by atoms with Crippen molar-refractivity contribution in [1.82, 2.24) is 10.2 Å². The fourth-order valence-corrected chi connectivity index (χ4v) is 3.26. The van der Waals surface area contributed by atoms with Crippen LogP contribution in [0.3, 0.4) is 0 Å². The van der Waals surface area contributed by atoms with Gasteiger partial charge in [-0.1, -0.05) is 31.2 Å². The van der Waals surface area contributed by atoms with E-state index in [0.717, 1.165) is 12.5 Å². The Hall–Kier alpha value is -0.860. The molecule has 0 aliphatic carbocycles. The molecule has 1 N–H and O–H groups in total. The molecule has 2 heteroatoms. The first-order chi connectivity index (χ1) is 8.83. The van der Waals surface area contributed by atoms with Gasteiger partial charge in [0.1, 0.15) is 0 Å². The van der Waals surface area contributed by atoms with Gasteiger partial charge in [-0.05, 0) is 55.9 Å². The molecule has 3 rings (SSSR count). The number of hydrogen-bond donors (Lipinski definition) is 1. The maximum absolute atomic E-state index is 3.69. The van der Waals surface area contributed by atoms with Crippen LogP contribution < -0.4 is 5.32 Å². The maximum atomic E-state index is 3.69. The summed E-state index contributed by atoms with van der Waals surface area (Å²) in [6.07, 6.45) is 3.92. The van der Waals surface area contributed by atoms with Crippen LogP contribution in [0.1, 0.15) is 36.9 Å². The lowest BCUT2D eigenvalue weighted by atomic mass is 9.93. The highest BCUT2D eigenvalue weighted by Gasteiger charge is 2.23. The SMILES string of the molecule is CC1CCN(CC2NCCc3ccccc32)CC1. The summed E-state index contributed by atoms with van der Waals surface area (Å²) < 4.78 is 0. The third-order valence-electron chi connectivity index (χ3n) is 4.53. The van der Waals surface area contributed by atoms with Gasteiger partial charge in [0.25, 0.3) is 0 Å². The lowest BCUT2D eigenvalue weighted by Gasteiger charge is -2.35. The molecule has 2 heterocycles. The van der Waals surface area contributed by atoms with Gasteiger partial charge in [-0.2, -0.15) is 0 Å². The van der Waals surface area contributed by atoms with Crippen molar-refractivity contribution in [2.24, 2.45) is 5.92 Å². The summed E-state index contributed by atoms with van der Waals surface area (Å²) in [5.74, 6) is 0.924. The molecule has 18 heavy (non-hydrogen) atoms. The number of nitrogens with zero attached hydrogens (tertiary/aromatic N) is 1. The van der Waals surface area contributed by atoms with E-state index in [-0.39, 0.29) is 0 Å². The largest absolute Gasteiger partial charge is 0.309 e. The van der Waals surface area contributed by atoms with Crippen LogP contribution in [0.15, 0.2) is 24.3 Å². The number of hydrogen-bond acceptors (Lipinski definition) is 2. The number of benzene rings is 1. The van der Waals surface area contributed by atoms with Crippen molar-refractivity contribution in [2.45, 2.75) is 32.2 Å². The van der Waals surface area contributed by atoms with E-state index in [0.29, 0.717) is 6.04 Å². The molecular weight excluding hydrogens is 220 g/mol. The lowest BCUT2D eigenvalue weighted by Crippen LogP contribution is -2.42. The molecule has 0 radical (unpaired) electrons. The second-order valence-corrected chi connectivity index (χ2v) is 5.94. The Morgan fingerprint density at radius 1 is 1.22 bits per heavy atom. The van der Waals surface area contributed by atoms with Crippen LogP contribution in [-0.4, -0.2) is 31.1 Å². The van der Waals surface area contributed by atoms with Gasteiger partial charge >= 0.3 is 0 Å². The Morgan fingerprint density at radius 3 is 2.83 bits per heavy atom. The fraction of sp³-hybridized carbons (Fsp3) is 0.625. The predicted molar refractivity (Wildman–Crippen MR) is 75.7 cm³/mol. The maximum Gasteiger partial charge on any atom is 0.0452 e. The molecule has 1 aromatic rings. The van der Waals surface area contributed by atoms with E-state index in [2.05, 4.69) is 41.4 Å². The molecule has 1 atom stereocenters. The van der Waals surface area contributed by atoms with Crippen LogP contribution in [-0.2, 0) is 6.42 Å². The first-order valence-corrected chi connectivity index (χ1v) is 7.36. The third kappa shape index (κ3) is 2.60. The van der Waals surface area contributed by atoms with Crippen LogP contribution in [0, 0.1) is 5.92 Å². The minimum atomic E-state index is 0.545. The molecule has 98 valence electrons. The van der Waals surface area contributed by atoms with Gasteiger partial charge in [0, 0.05) is 12.6 Å². The van der Waals surface area contributed by atoms with E-state index < -0.39 is 0 Å².